The highest BCUT2D eigenvalue weighted by atomic mass is 35.5. The van der Waals surface area contributed by atoms with Crippen LogP contribution < -0.4 is 9.47 Å². The number of fused-ring (bicyclic) bond motifs is 1. The summed E-state index contributed by atoms with van der Waals surface area (Å²) in [6.45, 7) is 0.388. The molecule has 0 saturated carbocycles. The van der Waals surface area contributed by atoms with Crippen molar-refractivity contribution in [3.8, 4) is 11.5 Å². The van der Waals surface area contributed by atoms with Gasteiger partial charge in [0, 0.05) is 24.0 Å². The fraction of sp³-hybridized carbons (Fsp3) is 0.188. The number of benzene rings is 1. The molecule has 0 fully saturated rings. The topological polar surface area (TPSA) is 35.8 Å². The molecule has 0 aliphatic rings. The maximum Gasteiger partial charge on any atom is 0.137 e. The van der Waals surface area contributed by atoms with E-state index in [1.54, 1.807) is 7.11 Å². The van der Waals surface area contributed by atoms with Crippen LogP contribution in [0.15, 0.2) is 48.8 Å². The zero-order chi connectivity index (χ0) is 14.7. The third kappa shape index (κ3) is 2.95. The van der Waals surface area contributed by atoms with Gasteiger partial charge in [0.25, 0.3) is 0 Å². The maximum absolute atomic E-state index is 5.93. The highest BCUT2D eigenvalue weighted by Gasteiger charge is 2.07. The number of imidazole rings is 1. The Balaban J connectivity index is 1.80. The summed E-state index contributed by atoms with van der Waals surface area (Å²) in [6, 6.07) is 11.5. The molecule has 2 aromatic heterocycles. The third-order valence-electron chi connectivity index (χ3n) is 3.21. The number of aromatic nitrogens is 2. The standard InChI is InChI=1S/C16H15ClN2O2/c1-20-14-6-5-12(9-17)15(8-14)21-11-13-10-19-7-3-2-4-16(19)18-13/h2-8,10H,9,11H2,1H3. The van der Waals surface area contributed by atoms with Crippen LogP contribution in [0.4, 0.5) is 0 Å². The molecule has 0 saturated heterocycles. The van der Waals surface area contributed by atoms with Gasteiger partial charge >= 0.3 is 0 Å². The fourth-order valence-electron chi connectivity index (χ4n) is 2.12. The van der Waals surface area contributed by atoms with Crippen molar-refractivity contribution in [2.45, 2.75) is 12.5 Å². The average molecular weight is 303 g/mol. The van der Waals surface area contributed by atoms with Crippen LogP contribution in [0.3, 0.4) is 0 Å². The molecule has 0 atom stereocenters. The van der Waals surface area contributed by atoms with Crippen LogP contribution in [0.2, 0.25) is 0 Å². The second-order valence-electron chi connectivity index (χ2n) is 4.59. The number of methoxy groups -OCH3 is 1. The molecule has 1 aromatic carbocycles. The van der Waals surface area contributed by atoms with Crippen molar-refractivity contribution >= 4 is 17.2 Å². The van der Waals surface area contributed by atoms with E-state index in [2.05, 4.69) is 4.98 Å². The smallest absolute Gasteiger partial charge is 0.137 e. The van der Waals surface area contributed by atoms with Crippen LogP contribution in [-0.4, -0.2) is 16.5 Å². The van der Waals surface area contributed by atoms with Crippen LogP contribution in [0.5, 0.6) is 11.5 Å². The van der Waals surface area contributed by atoms with Gasteiger partial charge in [0.2, 0.25) is 0 Å². The summed E-state index contributed by atoms with van der Waals surface area (Å²) < 4.78 is 13.0. The fourth-order valence-corrected chi connectivity index (χ4v) is 2.34. The summed E-state index contributed by atoms with van der Waals surface area (Å²) in [6.07, 6.45) is 3.91. The first-order valence-corrected chi connectivity index (χ1v) is 7.12. The maximum atomic E-state index is 5.93. The van der Waals surface area contributed by atoms with E-state index in [-0.39, 0.29) is 0 Å². The van der Waals surface area contributed by atoms with Crippen LogP contribution in [-0.2, 0) is 12.5 Å². The molecule has 0 radical (unpaired) electrons. The van der Waals surface area contributed by atoms with Crippen molar-refractivity contribution in [3.63, 3.8) is 0 Å². The number of alkyl halides is 1. The van der Waals surface area contributed by atoms with Gasteiger partial charge < -0.3 is 13.9 Å². The lowest BCUT2D eigenvalue weighted by molar-refractivity contribution is 0.297. The predicted octanol–water partition coefficient (Wildman–Crippen LogP) is 3.66. The van der Waals surface area contributed by atoms with Gasteiger partial charge in [0.15, 0.2) is 0 Å². The van der Waals surface area contributed by atoms with Crippen LogP contribution in [0.1, 0.15) is 11.3 Å². The summed E-state index contributed by atoms with van der Waals surface area (Å²) in [5.74, 6) is 1.86. The molecule has 0 aliphatic carbocycles. The highest BCUT2D eigenvalue weighted by molar-refractivity contribution is 6.17. The second-order valence-corrected chi connectivity index (χ2v) is 4.86. The SMILES string of the molecule is COc1ccc(CCl)c(OCc2cn3ccccc3n2)c1. The molecule has 0 aliphatic heterocycles. The molecule has 4 nitrogen and oxygen atoms in total. The number of nitrogens with zero attached hydrogens (tertiary/aromatic N) is 2. The molecular formula is C16H15ClN2O2. The lowest BCUT2D eigenvalue weighted by atomic mass is 10.2. The summed E-state index contributed by atoms with van der Waals surface area (Å²) in [5, 5.41) is 0. The molecule has 0 N–H and O–H groups in total. The molecule has 0 bridgehead atoms. The number of halogens is 1. The van der Waals surface area contributed by atoms with E-state index in [4.69, 9.17) is 21.1 Å². The second kappa shape index (κ2) is 6.06. The van der Waals surface area contributed by atoms with E-state index in [1.807, 2.05) is 53.2 Å². The quantitative estimate of drug-likeness (QED) is 0.675. The van der Waals surface area contributed by atoms with Crippen molar-refractivity contribution in [2.24, 2.45) is 0 Å². The van der Waals surface area contributed by atoms with E-state index in [0.29, 0.717) is 12.5 Å². The van der Waals surface area contributed by atoms with Gasteiger partial charge in [-0.3, -0.25) is 0 Å². The Hall–Kier alpha value is -2.20. The summed E-state index contributed by atoms with van der Waals surface area (Å²) >= 11 is 5.93. The van der Waals surface area contributed by atoms with Crippen molar-refractivity contribution < 1.29 is 9.47 Å². The Morgan fingerprint density at radius 2 is 2.14 bits per heavy atom. The zero-order valence-electron chi connectivity index (χ0n) is 11.6. The monoisotopic (exact) mass is 302 g/mol. The third-order valence-corrected chi connectivity index (χ3v) is 3.50. The largest absolute Gasteiger partial charge is 0.497 e. The molecule has 3 aromatic rings. The van der Waals surface area contributed by atoms with Gasteiger partial charge in [-0.15, -0.1) is 11.6 Å². The molecule has 0 unspecified atom stereocenters. The first-order chi connectivity index (χ1) is 10.3. The number of rotatable bonds is 5. The van der Waals surface area contributed by atoms with E-state index < -0.39 is 0 Å². The van der Waals surface area contributed by atoms with Crippen LogP contribution >= 0.6 is 11.6 Å². The van der Waals surface area contributed by atoms with Gasteiger partial charge in [-0.1, -0.05) is 12.1 Å². The summed E-state index contributed by atoms with van der Waals surface area (Å²) in [4.78, 5) is 4.50. The van der Waals surface area contributed by atoms with E-state index in [0.717, 1.165) is 28.4 Å². The minimum Gasteiger partial charge on any atom is -0.497 e. The number of pyridine rings is 1. The van der Waals surface area contributed by atoms with Crippen molar-refractivity contribution in [1.82, 2.24) is 9.38 Å². The molecule has 2 heterocycles. The molecular weight excluding hydrogens is 288 g/mol. The molecule has 108 valence electrons. The molecule has 0 spiro atoms. The van der Waals surface area contributed by atoms with Gasteiger partial charge in [0.1, 0.15) is 23.8 Å². The first kappa shape index (κ1) is 13.8. The van der Waals surface area contributed by atoms with Gasteiger partial charge in [-0.2, -0.15) is 0 Å². The lowest BCUT2D eigenvalue weighted by Crippen LogP contribution is -1.99. The normalized spacial score (nSPS) is 10.8. The number of hydrogen-bond acceptors (Lipinski definition) is 3. The van der Waals surface area contributed by atoms with Crippen LogP contribution in [0.25, 0.3) is 5.65 Å². The lowest BCUT2D eigenvalue weighted by Gasteiger charge is -2.10. The van der Waals surface area contributed by atoms with E-state index in [1.165, 1.54) is 0 Å². The molecule has 5 heteroatoms. The minimum absolute atomic E-state index is 0.388. The number of hydrogen-bond donors (Lipinski definition) is 0. The van der Waals surface area contributed by atoms with E-state index in [9.17, 15) is 0 Å². The minimum atomic E-state index is 0.388. The highest BCUT2D eigenvalue weighted by Crippen LogP contribution is 2.26. The van der Waals surface area contributed by atoms with Crippen molar-refractivity contribution in [1.29, 1.82) is 0 Å². The molecule has 0 amide bonds. The first-order valence-electron chi connectivity index (χ1n) is 6.58. The Morgan fingerprint density at radius 1 is 1.24 bits per heavy atom. The Bertz CT molecular complexity index is 722. The zero-order valence-corrected chi connectivity index (χ0v) is 12.4. The van der Waals surface area contributed by atoms with Crippen LogP contribution in [0, 0.1) is 0 Å². The van der Waals surface area contributed by atoms with Gasteiger partial charge in [-0.25, -0.2) is 4.98 Å². The molecule has 21 heavy (non-hydrogen) atoms. The van der Waals surface area contributed by atoms with Gasteiger partial charge in [-0.05, 0) is 18.2 Å². The van der Waals surface area contributed by atoms with Crippen molar-refractivity contribution in [3.05, 3.63) is 60.0 Å². The Kier molecular flexibility index (Phi) is 3.97. The molecule has 3 rings (SSSR count). The average Bonchev–Trinajstić information content (AvgIpc) is 2.95. The van der Waals surface area contributed by atoms with E-state index >= 15 is 0 Å². The summed E-state index contributed by atoms with van der Waals surface area (Å²) in [5.41, 5.74) is 2.70. The Labute approximate surface area is 127 Å². The van der Waals surface area contributed by atoms with Gasteiger partial charge in [0.05, 0.1) is 18.7 Å². The Morgan fingerprint density at radius 3 is 2.90 bits per heavy atom. The van der Waals surface area contributed by atoms with Crippen molar-refractivity contribution in [2.75, 3.05) is 7.11 Å². The number of ether oxygens (including phenoxy) is 2. The summed E-state index contributed by atoms with van der Waals surface area (Å²) in [7, 11) is 1.63. The predicted molar refractivity (Wildman–Crippen MR) is 82.1 cm³/mol.